The molecular formula is C25H25NO4S2. The summed E-state index contributed by atoms with van der Waals surface area (Å²) in [7, 11) is 1.51. The number of benzene rings is 1. The first-order valence-corrected chi connectivity index (χ1v) is 12.5. The molecule has 0 unspecified atom stereocenters. The zero-order valence-corrected chi connectivity index (χ0v) is 19.5. The fraction of sp³-hybridized carbons (Fsp3) is 0.440. The molecule has 5 fully saturated rings. The number of phenols is 1. The van der Waals surface area contributed by atoms with Crippen molar-refractivity contribution in [1.29, 1.82) is 0 Å². The Kier molecular flexibility index (Phi) is 4.88. The van der Waals surface area contributed by atoms with Gasteiger partial charge in [0.05, 0.1) is 12.0 Å². The van der Waals surface area contributed by atoms with E-state index in [0.29, 0.717) is 38.3 Å². The molecule has 4 bridgehead atoms. The normalized spacial score (nSPS) is 32.3. The SMILES string of the molecule is COc1ccc(-c2ccc(C=C3SC(=S)N(C4C5CC6CC(C5)CC4C6)C3=O)o2)cc1O. The molecule has 2 aromatic rings. The van der Waals surface area contributed by atoms with Crippen LogP contribution in [-0.2, 0) is 4.79 Å². The van der Waals surface area contributed by atoms with E-state index in [1.807, 2.05) is 23.1 Å². The minimum absolute atomic E-state index is 0.0255. The second kappa shape index (κ2) is 7.66. The number of thiocarbonyl (C=S) groups is 1. The Labute approximate surface area is 196 Å². The van der Waals surface area contributed by atoms with Gasteiger partial charge in [0.2, 0.25) is 0 Å². The molecule has 0 spiro atoms. The molecule has 0 atom stereocenters. The van der Waals surface area contributed by atoms with Gasteiger partial charge in [-0.3, -0.25) is 9.69 Å². The average molecular weight is 468 g/mol. The van der Waals surface area contributed by atoms with E-state index in [0.717, 1.165) is 17.4 Å². The van der Waals surface area contributed by atoms with Gasteiger partial charge in [-0.1, -0.05) is 24.0 Å². The van der Waals surface area contributed by atoms with Crippen molar-refractivity contribution in [1.82, 2.24) is 4.90 Å². The zero-order valence-electron chi connectivity index (χ0n) is 17.8. The number of phenolic OH excluding ortho intramolecular Hbond substituents is 1. The molecule has 2 heterocycles. The van der Waals surface area contributed by atoms with Gasteiger partial charge in [-0.25, -0.2) is 0 Å². The molecule has 1 aromatic heterocycles. The van der Waals surface area contributed by atoms with Crippen LogP contribution in [-0.4, -0.2) is 33.4 Å². The molecule has 1 amide bonds. The van der Waals surface area contributed by atoms with Crippen LogP contribution in [0.2, 0.25) is 0 Å². The van der Waals surface area contributed by atoms with Crippen LogP contribution < -0.4 is 4.74 Å². The first-order chi connectivity index (χ1) is 15.5. The van der Waals surface area contributed by atoms with Crippen LogP contribution in [0.3, 0.4) is 0 Å². The van der Waals surface area contributed by atoms with E-state index in [1.165, 1.54) is 51.0 Å². The predicted molar refractivity (Wildman–Crippen MR) is 128 cm³/mol. The molecule has 4 saturated carbocycles. The lowest BCUT2D eigenvalue weighted by molar-refractivity contribution is -0.130. The monoisotopic (exact) mass is 467 g/mol. The number of ether oxygens (including phenoxy) is 1. The highest BCUT2D eigenvalue weighted by atomic mass is 32.2. The van der Waals surface area contributed by atoms with Crippen molar-refractivity contribution in [3.63, 3.8) is 0 Å². The Bertz CT molecular complexity index is 1110. The summed E-state index contributed by atoms with van der Waals surface area (Å²) in [6.07, 6.45) is 8.20. The summed E-state index contributed by atoms with van der Waals surface area (Å²) in [6.45, 7) is 0. The third-order valence-electron chi connectivity index (χ3n) is 7.66. The maximum atomic E-state index is 13.4. The number of thioether (sulfide) groups is 1. The number of hydrogen-bond acceptors (Lipinski definition) is 6. The second-order valence-electron chi connectivity index (χ2n) is 9.56. The Morgan fingerprint density at radius 3 is 2.50 bits per heavy atom. The topological polar surface area (TPSA) is 62.9 Å². The highest BCUT2D eigenvalue weighted by Gasteiger charge is 2.53. The number of carbonyl (C=O) groups is 1. The summed E-state index contributed by atoms with van der Waals surface area (Å²) in [5.74, 6) is 4.64. The Hall–Kier alpha value is -2.25. The van der Waals surface area contributed by atoms with Crippen LogP contribution >= 0.6 is 24.0 Å². The van der Waals surface area contributed by atoms with E-state index in [4.69, 9.17) is 21.4 Å². The minimum atomic E-state index is 0.0255. The highest BCUT2D eigenvalue weighted by molar-refractivity contribution is 8.26. The van der Waals surface area contributed by atoms with Crippen molar-refractivity contribution in [2.24, 2.45) is 23.7 Å². The Morgan fingerprint density at radius 1 is 1.12 bits per heavy atom. The quantitative estimate of drug-likeness (QED) is 0.461. The van der Waals surface area contributed by atoms with Crippen molar-refractivity contribution < 1.29 is 19.1 Å². The molecular weight excluding hydrogens is 442 g/mol. The van der Waals surface area contributed by atoms with Crippen LogP contribution in [0.5, 0.6) is 11.5 Å². The van der Waals surface area contributed by atoms with Crippen molar-refractivity contribution in [3.8, 4) is 22.8 Å². The first kappa shape index (κ1) is 20.4. The molecule has 1 aromatic carbocycles. The average Bonchev–Trinajstić information content (AvgIpc) is 3.33. The van der Waals surface area contributed by atoms with Crippen LogP contribution in [0.4, 0.5) is 0 Å². The summed E-state index contributed by atoms with van der Waals surface area (Å²) >= 11 is 7.07. The number of amides is 1. The van der Waals surface area contributed by atoms with Crippen LogP contribution in [0.25, 0.3) is 17.4 Å². The van der Waals surface area contributed by atoms with Crippen LogP contribution in [0.1, 0.15) is 37.9 Å². The van der Waals surface area contributed by atoms with Gasteiger partial charge in [-0.2, -0.15) is 0 Å². The molecule has 7 heteroatoms. The summed E-state index contributed by atoms with van der Waals surface area (Å²) in [6, 6.07) is 9.08. The Morgan fingerprint density at radius 2 is 1.84 bits per heavy atom. The van der Waals surface area contributed by atoms with Crippen LogP contribution in [0, 0.1) is 23.7 Å². The summed E-state index contributed by atoms with van der Waals surface area (Å²) in [5, 5.41) is 10.0. The summed E-state index contributed by atoms with van der Waals surface area (Å²) in [4.78, 5) is 16.0. The van der Waals surface area contributed by atoms with Crippen molar-refractivity contribution in [3.05, 3.63) is 41.0 Å². The van der Waals surface area contributed by atoms with E-state index < -0.39 is 0 Å². The number of nitrogens with zero attached hydrogens (tertiary/aromatic N) is 1. The predicted octanol–water partition coefficient (Wildman–Crippen LogP) is 5.69. The van der Waals surface area contributed by atoms with Crippen molar-refractivity contribution >= 4 is 40.3 Å². The number of methoxy groups -OCH3 is 1. The van der Waals surface area contributed by atoms with E-state index >= 15 is 0 Å². The van der Waals surface area contributed by atoms with E-state index in [-0.39, 0.29) is 17.7 Å². The first-order valence-electron chi connectivity index (χ1n) is 11.2. The van der Waals surface area contributed by atoms with E-state index in [9.17, 15) is 9.90 Å². The summed E-state index contributed by atoms with van der Waals surface area (Å²) in [5.41, 5.74) is 0.740. The van der Waals surface area contributed by atoms with Gasteiger partial charge < -0.3 is 14.3 Å². The van der Waals surface area contributed by atoms with Gasteiger partial charge in [0, 0.05) is 17.7 Å². The van der Waals surface area contributed by atoms with Gasteiger partial charge in [0.25, 0.3) is 5.91 Å². The van der Waals surface area contributed by atoms with Gasteiger partial charge in [0.1, 0.15) is 15.8 Å². The number of carbonyl (C=O) groups excluding carboxylic acids is 1. The van der Waals surface area contributed by atoms with Gasteiger partial charge >= 0.3 is 0 Å². The fourth-order valence-corrected chi connectivity index (χ4v) is 7.94. The zero-order chi connectivity index (χ0) is 22.0. The lowest BCUT2D eigenvalue weighted by atomic mass is 9.54. The lowest BCUT2D eigenvalue weighted by Gasteiger charge is -2.56. The smallest absolute Gasteiger partial charge is 0.266 e. The molecule has 5 nitrogen and oxygen atoms in total. The highest BCUT2D eigenvalue weighted by Crippen LogP contribution is 2.56. The molecule has 0 radical (unpaired) electrons. The van der Waals surface area contributed by atoms with Gasteiger partial charge in [-0.15, -0.1) is 0 Å². The number of furan rings is 1. The maximum absolute atomic E-state index is 13.4. The van der Waals surface area contributed by atoms with Crippen molar-refractivity contribution in [2.75, 3.05) is 7.11 Å². The lowest BCUT2D eigenvalue weighted by Crippen LogP contribution is -2.57. The van der Waals surface area contributed by atoms with Gasteiger partial charge in [-0.05, 0) is 86.1 Å². The fourth-order valence-electron chi connectivity index (χ4n) is 6.61. The third-order valence-corrected chi connectivity index (χ3v) is 8.99. The molecule has 4 aliphatic carbocycles. The molecule has 5 aliphatic rings. The maximum Gasteiger partial charge on any atom is 0.266 e. The molecule has 32 heavy (non-hydrogen) atoms. The third kappa shape index (κ3) is 3.28. The number of hydrogen-bond donors (Lipinski definition) is 1. The molecule has 1 N–H and O–H groups in total. The van der Waals surface area contributed by atoms with E-state index in [1.54, 1.807) is 18.2 Å². The molecule has 166 valence electrons. The second-order valence-corrected chi connectivity index (χ2v) is 11.2. The Balaban J connectivity index is 1.24. The minimum Gasteiger partial charge on any atom is -0.504 e. The number of aromatic hydroxyl groups is 1. The van der Waals surface area contributed by atoms with Crippen molar-refractivity contribution in [2.45, 2.75) is 38.1 Å². The number of rotatable bonds is 4. The largest absolute Gasteiger partial charge is 0.504 e. The molecule has 7 rings (SSSR count). The van der Waals surface area contributed by atoms with Gasteiger partial charge in [0.15, 0.2) is 11.5 Å². The van der Waals surface area contributed by atoms with Crippen LogP contribution in [0.15, 0.2) is 39.7 Å². The molecule has 1 aliphatic heterocycles. The van der Waals surface area contributed by atoms with E-state index in [2.05, 4.69) is 0 Å². The standard InChI is InChI=1S/C25H25NO4S2/c1-29-21-4-2-15(11-19(21)27)20-5-3-18(30-20)12-22-24(28)26(25(31)32-22)23-16-7-13-6-14(9-16)10-17(23)8-13/h2-5,11-14,16-17,23,27H,6-10H2,1H3. The summed E-state index contributed by atoms with van der Waals surface area (Å²) < 4.78 is 11.7. The molecule has 1 saturated heterocycles.